The molecule has 0 saturated carbocycles. The zero-order chi connectivity index (χ0) is 21.6. The van der Waals surface area contributed by atoms with E-state index in [0.717, 1.165) is 50.5 Å². The van der Waals surface area contributed by atoms with Gasteiger partial charge in [-0.2, -0.15) is 0 Å². The number of amides is 1. The number of carbonyl (C=O) groups excluding carboxylic acids is 2. The molecule has 2 aliphatic rings. The van der Waals surface area contributed by atoms with Gasteiger partial charge >= 0.3 is 0 Å². The van der Waals surface area contributed by atoms with Crippen LogP contribution in [0.3, 0.4) is 0 Å². The van der Waals surface area contributed by atoms with E-state index in [2.05, 4.69) is 39.9 Å². The van der Waals surface area contributed by atoms with Crippen LogP contribution in [0.5, 0.6) is 0 Å². The first-order chi connectivity index (χ1) is 15.1. The van der Waals surface area contributed by atoms with Crippen molar-refractivity contribution >= 4 is 17.4 Å². The number of nitrogens with zero attached hydrogens (tertiary/aromatic N) is 4. The van der Waals surface area contributed by atoms with Crippen LogP contribution >= 0.6 is 0 Å². The van der Waals surface area contributed by atoms with Crippen molar-refractivity contribution in [1.29, 1.82) is 0 Å². The maximum atomic E-state index is 12.7. The summed E-state index contributed by atoms with van der Waals surface area (Å²) in [6, 6.07) is 11.6. The Bertz CT molecular complexity index is 949. The Hall–Kier alpha value is -2.83. The minimum Gasteiger partial charge on any atom is -0.308 e. The van der Waals surface area contributed by atoms with Gasteiger partial charge in [-0.15, -0.1) is 0 Å². The molecule has 2 aliphatic heterocycles. The molecule has 0 aliphatic carbocycles. The first-order valence-corrected chi connectivity index (χ1v) is 11.0. The van der Waals surface area contributed by atoms with Crippen molar-refractivity contribution in [1.82, 2.24) is 14.8 Å². The van der Waals surface area contributed by atoms with Gasteiger partial charge in [0.05, 0.1) is 5.69 Å². The Kier molecular flexibility index (Phi) is 6.89. The van der Waals surface area contributed by atoms with Gasteiger partial charge in [-0.1, -0.05) is 23.8 Å². The van der Waals surface area contributed by atoms with Crippen molar-refractivity contribution in [2.24, 2.45) is 0 Å². The predicted octanol–water partition coefficient (Wildman–Crippen LogP) is 3.16. The SMILES string of the molecule is C/C(=C\CN1CCN(Cc2ccncc2)CC1)CN1C(=O)CCC(=O)c2ccccc21. The topological polar surface area (TPSA) is 56.8 Å². The van der Waals surface area contributed by atoms with Crippen LogP contribution < -0.4 is 4.90 Å². The quantitative estimate of drug-likeness (QED) is 0.675. The third-order valence-electron chi connectivity index (χ3n) is 6.09. The normalized spacial score (nSPS) is 18.7. The maximum Gasteiger partial charge on any atom is 0.227 e. The number of anilines is 1. The molecule has 0 radical (unpaired) electrons. The van der Waals surface area contributed by atoms with Gasteiger partial charge in [0, 0.05) is 76.6 Å². The zero-order valence-electron chi connectivity index (χ0n) is 18.2. The number of hydrogen-bond donors (Lipinski definition) is 0. The second kappa shape index (κ2) is 9.98. The first kappa shape index (κ1) is 21.4. The number of ketones is 1. The van der Waals surface area contributed by atoms with Gasteiger partial charge in [-0.3, -0.25) is 24.4 Å². The molecule has 1 amide bonds. The highest BCUT2D eigenvalue weighted by Gasteiger charge is 2.26. The highest BCUT2D eigenvalue weighted by molar-refractivity contribution is 6.10. The summed E-state index contributed by atoms with van der Waals surface area (Å²) >= 11 is 0. The van der Waals surface area contributed by atoms with E-state index < -0.39 is 0 Å². The molecule has 0 N–H and O–H groups in total. The molecular weight excluding hydrogens is 388 g/mol. The molecule has 2 aromatic rings. The molecule has 162 valence electrons. The number of piperazine rings is 1. The van der Waals surface area contributed by atoms with Gasteiger partial charge in [0.15, 0.2) is 5.78 Å². The summed E-state index contributed by atoms with van der Waals surface area (Å²) in [6.45, 7) is 8.64. The number of hydrogen-bond acceptors (Lipinski definition) is 5. The van der Waals surface area contributed by atoms with E-state index >= 15 is 0 Å². The number of para-hydroxylation sites is 1. The van der Waals surface area contributed by atoms with E-state index in [0.29, 0.717) is 18.5 Å². The highest BCUT2D eigenvalue weighted by Crippen LogP contribution is 2.27. The first-order valence-electron chi connectivity index (χ1n) is 11.0. The Morgan fingerprint density at radius 2 is 1.68 bits per heavy atom. The van der Waals surface area contributed by atoms with Gasteiger partial charge in [-0.05, 0) is 36.8 Å². The Labute approximate surface area is 184 Å². The molecular formula is C25H30N4O2. The second-order valence-electron chi connectivity index (χ2n) is 8.40. The van der Waals surface area contributed by atoms with E-state index in [9.17, 15) is 9.59 Å². The van der Waals surface area contributed by atoms with Crippen LogP contribution in [0.4, 0.5) is 5.69 Å². The maximum absolute atomic E-state index is 12.7. The number of benzene rings is 1. The van der Waals surface area contributed by atoms with Crippen molar-refractivity contribution in [3.05, 3.63) is 71.6 Å². The molecule has 4 rings (SSSR count). The fourth-order valence-electron chi connectivity index (χ4n) is 4.22. The lowest BCUT2D eigenvalue weighted by Gasteiger charge is -2.34. The molecule has 1 aromatic carbocycles. The molecule has 0 atom stereocenters. The fraction of sp³-hybridized carbons (Fsp3) is 0.400. The van der Waals surface area contributed by atoms with E-state index in [1.54, 1.807) is 4.90 Å². The van der Waals surface area contributed by atoms with E-state index in [4.69, 9.17) is 0 Å². The van der Waals surface area contributed by atoms with Crippen molar-refractivity contribution in [2.75, 3.05) is 44.2 Å². The number of pyridine rings is 1. The van der Waals surface area contributed by atoms with Gasteiger partial charge in [0.25, 0.3) is 0 Å². The van der Waals surface area contributed by atoms with E-state index in [1.807, 2.05) is 36.7 Å². The molecule has 1 saturated heterocycles. The smallest absolute Gasteiger partial charge is 0.227 e. The summed E-state index contributed by atoms with van der Waals surface area (Å²) in [7, 11) is 0. The van der Waals surface area contributed by atoms with Crippen LogP contribution in [-0.2, 0) is 11.3 Å². The summed E-state index contributed by atoms with van der Waals surface area (Å²) in [5.41, 5.74) is 3.86. The van der Waals surface area contributed by atoms with Gasteiger partial charge in [0.1, 0.15) is 0 Å². The Morgan fingerprint density at radius 3 is 2.45 bits per heavy atom. The lowest BCUT2D eigenvalue weighted by atomic mass is 10.1. The molecule has 6 nitrogen and oxygen atoms in total. The summed E-state index contributed by atoms with van der Waals surface area (Å²) < 4.78 is 0. The Balaban J connectivity index is 1.32. The lowest BCUT2D eigenvalue weighted by Crippen LogP contribution is -2.45. The minimum absolute atomic E-state index is 0.0239. The highest BCUT2D eigenvalue weighted by atomic mass is 16.2. The third-order valence-corrected chi connectivity index (χ3v) is 6.09. The molecule has 3 heterocycles. The number of rotatable bonds is 6. The van der Waals surface area contributed by atoms with Crippen LogP contribution in [0.15, 0.2) is 60.4 Å². The van der Waals surface area contributed by atoms with Crippen molar-refractivity contribution < 1.29 is 9.59 Å². The van der Waals surface area contributed by atoms with Gasteiger partial charge in [0.2, 0.25) is 5.91 Å². The van der Waals surface area contributed by atoms with E-state index in [1.165, 1.54) is 5.56 Å². The zero-order valence-corrected chi connectivity index (χ0v) is 18.2. The molecule has 0 unspecified atom stereocenters. The molecule has 0 bridgehead atoms. The molecule has 6 heteroatoms. The van der Waals surface area contributed by atoms with Gasteiger partial charge < -0.3 is 4.90 Å². The van der Waals surface area contributed by atoms with Crippen LogP contribution in [0.2, 0.25) is 0 Å². The number of Topliss-reactive ketones (excluding diaryl/α,β-unsaturated/α-hetero) is 1. The lowest BCUT2D eigenvalue weighted by molar-refractivity contribution is -0.118. The number of fused-ring (bicyclic) bond motifs is 1. The van der Waals surface area contributed by atoms with Crippen LogP contribution in [0.1, 0.15) is 35.7 Å². The Morgan fingerprint density at radius 1 is 0.968 bits per heavy atom. The second-order valence-corrected chi connectivity index (χ2v) is 8.40. The number of carbonyl (C=O) groups is 2. The minimum atomic E-state index is 0.0239. The summed E-state index contributed by atoms with van der Waals surface area (Å²) in [4.78, 5) is 35.8. The van der Waals surface area contributed by atoms with Crippen LogP contribution in [-0.4, -0.2) is 65.7 Å². The largest absolute Gasteiger partial charge is 0.308 e. The van der Waals surface area contributed by atoms with Gasteiger partial charge in [-0.25, -0.2) is 0 Å². The standard InChI is InChI=1S/C25H30N4O2/c1-20(18-29-23-5-3-2-4-22(23)24(30)6-7-25(29)31)10-13-27-14-16-28(17-15-27)19-21-8-11-26-12-9-21/h2-5,8-12H,6-7,13-19H2,1H3/b20-10+. The van der Waals surface area contributed by atoms with Crippen LogP contribution in [0, 0.1) is 0 Å². The predicted molar refractivity (Wildman–Crippen MR) is 122 cm³/mol. The fourth-order valence-corrected chi connectivity index (χ4v) is 4.22. The molecule has 31 heavy (non-hydrogen) atoms. The van der Waals surface area contributed by atoms with Crippen molar-refractivity contribution in [3.63, 3.8) is 0 Å². The third kappa shape index (κ3) is 5.46. The average molecular weight is 419 g/mol. The van der Waals surface area contributed by atoms with E-state index in [-0.39, 0.29) is 18.1 Å². The molecule has 1 fully saturated rings. The van der Waals surface area contributed by atoms with Crippen LogP contribution in [0.25, 0.3) is 0 Å². The van der Waals surface area contributed by atoms with Crippen molar-refractivity contribution in [2.45, 2.75) is 26.3 Å². The summed E-state index contributed by atoms with van der Waals surface area (Å²) in [5, 5.41) is 0. The summed E-state index contributed by atoms with van der Waals surface area (Å²) in [5.74, 6) is 0.0773. The average Bonchev–Trinajstić information content (AvgIpc) is 2.92. The monoisotopic (exact) mass is 418 g/mol. The summed E-state index contributed by atoms with van der Waals surface area (Å²) in [6.07, 6.45) is 6.49. The molecule has 0 spiro atoms. The number of aromatic nitrogens is 1. The molecule has 1 aromatic heterocycles. The van der Waals surface area contributed by atoms with Crippen molar-refractivity contribution in [3.8, 4) is 0 Å².